The molecule has 3 amide bonds. The highest BCUT2D eigenvalue weighted by molar-refractivity contribution is 5.85. The number of rotatable bonds is 7. The number of carboxylic acids is 1. The summed E-state index contributed by atoms with van der Waals surface area (Å²) in [5.41, 5.74) is 0. The Morgan fingerprint density at radius 3 is 2.52 bits per heavy atom. The summed E-state index contributed by atoms with van der Waals surface area (Å²) in [5.74, 6) is -0.407. The fourth-order valence-corrected chi connectivity index (χ4v) is 3.46. The van der Waals surface area contributed by atoms with Crippen molar-refractivity contribution >= 4 is 17.9 Å². The molecule has 0 bridgehead atoms. The number of urea groups is 1. The Kier molecular flexibility index (Phi) is 6.64. The van der Waals surface area contributed by atoms with Gasteiger partial charge >= 0.3 is 12.0 Å². The molecular weight excluding hydrogens is 324 g/mol. The van der Waals surface area contributed by atoms with Crippen LogP contribution in [-0.4, -0.2) is 89.1 Å². The third-order valence-corrected chi connectivity index (χ3v) is 4.89. The molecule has 2 N–H and O–H groups in total. The Balaban J connectivity index is 1.73. The highest BCUT2D eigenvalue weighted by Crippen LogP contribution is 2.25. The van der Waals surface area contributed by atoms with Crippen molar-refractivity contribution < 1.29 is 19.5 Å². The van der Waals surface area contributed by atoms with Gasteiger partial charge in [0.15, 0.2) is 0 Å². The molecule has 0 aromatic heterocycles. The lowest BCUT2D eigenvalue weighted by Gasteiger charge is -2.43. The summed E-state index contributed by atoms with van der Waals surface area (Å²) in [5, 5.41) is 11.9. The minimum atomic E-state index is -0.827. The maximum absolute atomic E-state index is 12.3. The van der Waals surface area contributed by atoms with Gasteiger partial charge in [-0.15, -0.1) is 0 Å². The zero-order chi connectivity index (χ0) is 18.6. The third-order valence-electron chi connectivity index (χ3n) is 4.89. The molecule has 8 heteroatoms. The summed E-state index contributed by atoms with van der Waals surface area (Å²) in [6, 6.07) is 0.0716. The summed E-state index contributed by atoms with van der Waals surface area (Å²) in [6.45, 7) is 8.81. The quantitative estimate of drug-likeness (QED) is 0.692. The van der Waals surface area contributed by atoms with Gasteiger partial charge in [0.1, 0.15) is 6.54 Å². The molecule has 2 fully saturated rings. The van der Waals surface area contributed by atoms with Crippen LogP contribution in [0.3, 0.4) is 0 Å². The highest BCUT2D eigenvalue weighted by Gasteiger charge is 2.36. The average Bonchev–Trinajstić information content (AvgIpc) is 2.49. The van der Waals surface area contributed by atoms with Gasteiger partial charge in [-0.1, -0.05) is 20.8 Å². The van der Waals surface area contributed by atoms with Gasteiger partial charge in [-0.25, -0.2) is 4.79 Å². The van der Waals surface area contributed by atoms with E-state index >= 15 is 0 Å². The number of nitrogens with zero attached hydrogens (tertiary/aromatic N) is 3. The SMILES string of the molecule is CCN(CC(=O)O)C1CC(NC(=O)N2CCN(CC(C)C)C(=O)C2)C1. The molecular formula is C17H30N4O4. The van der Waals surface area contributed by atoms with Crippen molar-refractivity contribution in [2.75, 3.05) is 39.3 Å². The van der Waals surface area contributed by atoms with E-state index in [1.54, 1.807) is 4.90 Å². The average molecular weight is 354 g/mol. The zero-order valence-electron chi connectivity index (χ0n) is 15.4. The minimum Gasteiger partial charge on any atom is -0.480 e. The summed E-state index contributed by atoms with van der Waals surface area (Å²) in [7, 11) is 0. The van der Waals surface area contributed by atoms with Gasteiger partial charge in [0.25, 0.3) is 0 Å². The topological polar surface area (TPSA) is 93.2 Å². The number of hydrogen-bond donors (Lipinski definition) is 2. The van der Waals surface area contributed by atoms with Crippen molar-refractivity contribution in [2.45, 2.75) is 45.7 Å². The van der Waals surface area contributed by atoms with E-state index in [0.717, 1.165) is 19.4 Å². The Hall–Kier alpha value is -1.83. The van der Waals surface area contributed by atoms with Crippen molar-refractivity contribution in [3.8, 4) is 0 Å². The molecule has 0 unspecified atom stereocenters. The van der Waals surface area contributed by atoms with Gasteiger partial charge in [0, 0.05) is 31.7 Å². The van der Waals surface area contributed by atoms with Gasteiger partial charge < -0.3 is 20.2 Å². The Bertz CT molecular complexity index is 505. The molecule has 0 aromatic carbocycles. The monoisotopic (exact) mass is 354 g/mol. The number of piperazine rings is 1. The van der Waals surface area contributed by atoms with Crippen molar-refractivity contribution in [3.63, 3.8) is 0 Å². The predicted molar refractivity (Wildman–Crippen MR) is 93.2 cm³/mol. The van der Waals surface area contributed by atoms with Crippen LogP contribution in [0.15, 0.2) is 0 Å². The van der Waals surface area contributed by atoms with Crippen LogP contribution in [0.4, 0.5) is 4.79 Å². The maximum atomic E-state index is 12.3. The number of carbonyl (C=O) groups is 3. The van der Waals surface area contributed by atoms with E-state index in [4.69, 9.17) is 5.11 Å². The standard InChI is InChI=1S/C17H30N4O4/c1-4-19(11-16(23)24)14-7-13(8-14)18-17(25)21-6-5-20(9-12(2)3)15(22)10-21/h12-14H,4-11H2,1-3H3,(H,18,25)(H,23,24). The first kappa shape index (κ1) is 19.5. The molecule has 0 atom stereocenters. The summed E-state index contributed by atoms with van der Waals surface area (Å²) >= 11 is 0. The van der Waals surface area contributed by atoms with E-state index in [9.17, 15) is 14.4 Å². The highest BCUT2D eigenvalue weighted by atomic mass is 16.4. The molecule has 142 valence electrons. The predicted octanol–water partition coefficient (Wildman–Crippen LogP) is 0.434. The lowest BCUT2D eigenvalue weighted by Crippen LogP contribution is -2.60. The lowest BCUT2D eigenvalue weighted by atomic mass is 9.85. The van der Waals surface area contributed by atoms with Crippen molar-refractivity contribution in [2.24, 2.45) is 5.92 Å². The normalized spacial score (nSPS) is 23.8. The van der Waals surface area contributed by atoms with Crippen LogP contribution in [0.25, 0.3) is 0 Å². The van der Waals surface area contributed by atoms with Gasteiger partial charge in [-0.2, -0.15) is 0 Å². The summed E-state index contributed by atoms with van der Waals surface area (Å²) in [4.78, 5) is 40.6. The fourth-order valence-electron chi connectivity index (χ4n) is 3.46. The molecule has 0 radical (unpaired) electrons. The van der Waals surface area contributed by atoms with Crippen molar-refractivity contribution in [1.29, 1.82) is 0 Å². The smallest absolute Gasteiger partial charge is 0.318 e. The Labute approximate surface area is 149 Å². The zero-order valence-corrected chi connectivity index (χ0v) is 15.4. The van der Waals surface area contributed by atoms with Crippen LogP contribution in [-0.2, 0) is 9.59 Å². The molecule has 1 saturated heterocycles. The van der Waals surface area contributed by atoms with Crippen LogP contribution >= 0.6 is 0 Å². The molecule has 2 rings (SSSR count). The largest absolute Gasteiger partial charge is 0.480 e. The molecule has 1 heterocycles. The van der Waals surface area contributed by atoms with E-state index in [2.05, 4.69) is 19.2 Å². The van der Waals surface area contributed by atoms with E-state index in [-0.39, 0.29) is 37.1 Å². The number of amides is 3. The molecule has 0 aromatic rings. The second-order valence-electron chi connectivity index (χ2n) is 7.38. The molecule has 1 aliphatic carbocycles. The lowest BCUT2D eigenvalue weighted by molar-refractivity contribution is -0.139. The number of aliphatic carboxylic acids is 1. The van der Waals surface area contributed by atoms with Gasteiger partial charge in [0.2, 0.25) is 5.91 Å². The van der Waals surface area contributed by atoms with Crippen LogP contribution in [0, 0.1) is 5.92 Å². The van der Waals surface area contributed by atoms with Crippen LogP contribution in [0.2, 0.25) is 0 Å². The summed E-state index contributed by atoms with van der Waals surface area (Å²) in [6.07, 6.45) is 1.52. The number of nitrogens with one attached hydrogen (secondary N) is 1. The molecule has 1 saturated carbocycles. The second kappa shape index (κ2) is 8.51. The van der Waals surface area contributed by atoms with Gasteiger partial charge in [-0.3, -0.25) is 14.5 Å². The first-order valence-electron chi connectivity index (χ1n) is 9.09. The molecule has 8 nitrogen and oxygen atoms in total. The number of carbonyl (C=O) groups excluding carboxylic acids is 2. The number of carboxylic acid groups (broad SMARTS) is 1. The second-order valence-corrected chi connectivity index (χ2v) is 7.38. The molecule has 25 heavy (non-hydrogen) atoms. The van der Waals surface area contributed by atoms with Crippen LogP contribution < -0.4 is 5.32 Å². The van der Waals surface area contributed by atoms with Crippen LogP contribution in [0.5, 0.6) is 0 Å². The number of likely N-dealkylation sites (N-methyl/N-ethyl adjacent to an activating group) is 1. The first-order chi connectivity index (χ1) is 11.8. The summed E-state index contributed by atoms with van der Waals surface area (Å²) < 4.78 is 0. The van der Waals surface area contributed by atoms with Crippen molar-refractivity contribution in [3.05, 3.63) is 0 Å². The Morgan fingerprint density at radius 1 is 1.32 bits per heavy atom. The van der Waals surface area contributed by atoms with Gasteiger partial charge in [0.05, 0.1) is 6.54 Å². The van der Waals surface area contributed by atoms with E-state index in [1.807, 2.05) is 16.7 Å². The number of hydrogen-bond acceptors (Lipinski definition) is 4. The Morgan fingerprint density at radius 2 is 2.00 bits per heavy atom. The minimum absolute atomic E-state index is 0.000187. The molecule has 2 aliphatic rings. The van der Waals surface area contributed by atoms with Crippen LogP contribution in [0.1, 0.15) is 33.6 Å². The van der Waals surface area contributed by atoms with E-state index in [1.165, 1.54) is 0 Å². The third kappa shape index (κ3) is 5.32. The van der Waals surface area contributed by atoms with Gasteiger partial charge in [-0.05, 0) is 25.3 Å². The fraction of sp³-hybridized carbons (Fsp3) is 0.824. The van der Waals surface area contributed by atoms with Crippen molar-refractivity contribution in [1.82, 2.24) is 20.0 Å². The first-order valence-corrected chi connectivity index (χ1v) is 9.09. The molecule has 0 spiro atoms. The van der Waals surface area contributed by atoms with E-state index in [0.29, 0.717) is 25.6 Å². The maximum Gasteiger partial charge on any atom is 0.318 e. The van der Waals surface area contributed by atoms with E-state index < -0.39 is 5.97 Å². The molecule has 1 aliphatic heterocycles.